The molecule has 0 spiro atoms. The summed E-state index contributed by atoms with van der Waals surface area (Å²) >= 11 is 0. The van der Waals surface area contributed by atoms with Crippen molar-refractivity contribution in [2.45, 2.75) is 20.4 Å². The van der Waals surface area contributed by atoms with E-state index in [0.29, 0.717) is 12.4 Å². The summed E-state index contributed by atoms with van der Waals surface area (Å²) in [5.41, 5.74) is 5.15. The quantitative estimate of drug-likeness (QED) is 0.339. The Kier molecular flexibility index (Phi) is 3.72. The highest BCUT2D eigenvalue weighted by Crippen LogP contribution is 2.36. The molecule has 0 bridgehead atoms. The topological polar surface area (TPSA) is 40.2 Å². The zero-order valence-corrected chi connectivity index (χ0v) is 15.9. The van der Waals surface area contributed by atoms with Gasteiger partial charge in [0, 0.05) is 34.6 Å². The first-order chi connectivity index (χ1) is 13.7. The van der Waals surface area contributed by atoms with Crippen molar-refractivity contribution in [1.29, 1.82) is 0 Å². The van der Waals surface area contributed by atoms with E-state index < -0.39 is 0 Å². The molecule has 0 saturated carbocycles. The van der Waals surface area contributed by atoms with Crippen LogP contribution in [-0.4, -0.2) is 9.55 Å². The largest absolute Gasteiger partial charge is 0.456 e. The summed E-state index contributed by atoms with van der Waals surface area (Å²) in [6, 6.07) is 16.0. The highest BCUT2D eigenvalue weighted by Gasteiger charge is 2.16. The number of nitrogens with zero attached hydrogens (tertiary/aromatic N) is 2. The Balaban J connectivity index is 1.66. The van der Waals surface area contributed by atoms with Crippen molar-refractivity contribution >= 4 is 32.8 Å². The molecule has 0 amide bonds. The van der Waals surface area contributed by atoms with Gasteiger partial charge in [0.25, 0.3) is 0 Å². The Hall–Kier alpha value is -3.53. The van der Waals surface area contributed by atoms with Gasteiger partial charge in [-0.05, 0) is 49.7 Å². The Morgan fingerprint density at radius 3 is 2.71 bits per heavy atom. The monoisotopic (exact) mass is 368 g/mol. The SMILES string of the molecule is C=CCn1c(C)c(C)c2ccnc(Oc3ccc4oc5ccccc5c4c3)c21. The van der Waals surface area contributed by atoms with E-state index in [9.17, 15) is 0 Å². The van der Waals surface area contributed by atoms with Gasteiger partial charge in [-0.3, -0.25) is 0 Å². The van der Waals surface area contributed by atoms with Crippen molar-refractivity contribution in [1.82, 2.24) is 9.55 Å². The van der Waals surface area contributed by atoms with E-state index in [-0.39, 0.29) is 0 Å². The Bertz CT molecular complexity index is 1360. The number of benzene rings is 2. The summed E-state index contributed by atoms with van der Waals surface area (Å²) in [6.45, 7) is 8.85. The number of allylic oxidation sites excluding steroid dienone is 1. The molecule has 0 aliphatic carbocycles. The van der Waals surface area contributed by atoms with Crippen molar-refractivity contribution in [2.24, 2.45) is 0 Å². The van der Waals surface area contributed by atoms with Gasteiger partial charge >= 0.3 is 0 Å². The minimum Gasteiger partial charge on any atom is -0.456 e. The molecule has 2 aromatic carbocycles. The molecule has 0 saturated heterocycles. The molecule has 4 heteroatoms. The highest BCUT2D eigenvalue weighted by atomic mass is 16.5. The number of fused-ring (bicyclic) bond motifs is 4. The van der Waals surface area contributed by atoms with E-state index in [1.807, 2.05) is 48.5 Å². The first-order valence-electron chi connectivity index (χ1n) is 9.32. The molecule has 0 aliphatic rings. The maximum atomic E-state index is 6.27. The fraction of sp³-hybridized carbons (Fsp3) is 0.125. The zero-order valence-electron chi connectivity index (χ0n) is 15.9. The number of rotatable bonds is 4. The van der Waals surface area contributed by atoms with Crippen LogP contribution in [0.15, 0.2) is 71.8 Å². The average molecular weight is 368 g/mol. The van der Waals surface area contributed by atoms with E-state index in [1.165, 1.54) is 11.3 Å². The summed E-state index contributed by atoms with van der Waals surface area (Å²) in [5.74, 6) is 1.34. The standard InChI is InChI=1S/C24H20N2O2/c1-4-13-26-16(3)15(2)18-11-12-25-24(23(18)26)27-17-9-10-22-20(14-17)19-7-5-6-8-21(19)28-22/h4-12,14H,1,13H2,2-3H3. The number of pyridine rings is 1. The van der Waals surface area contributed by atoms with Gasteiger partial charge in [0.1, 0.15) is 22.4 Å². The summed E-state index contributed by atoms with van der Waals surface area (Å²) in [5, 5.41) is 3.27. The lowest BCUT2D eigenvalue weighted by molar-refractivity contribution is 0.466. The third kappa shape index (κ3) is 2.42. The van der Waals surface area contributed by atoms with Crippen LogP contribution in [0.5, 0.6) is 11.6 Å². The molecule has 5 aromatic rings. The summed E-state index contributed by atoms with van der Waals surface area (Å²) in [7, 11) is 0. The van der Waals surface area contributed by atoms with Crippen LogP contribution in [-0.2, 0) is 6.54 Å². The van der Waals surface area contributed by atoms with E-state index in [2.05, 4.69) is 36.0 Å². The van der Waals surface area contributed by atoms with Crippen LogP contribution < -0.4 is 4.74 Å². The van der Waals surface area contributed by atoms with Crippen LogP contribution in [0.3, 0.4) is 0 Å². The molecule has 28 heavy (non-hydrogen) atoms. The number of hydrogen-bond acceptors (Lipinski definition) is 3. The van der Waals surface area contributed by atoms with Gasteiger partial charge in [-0.1, -0.05) is 24.3 Å². The molecule has 138 valence electrons. The number of para-hydroxylation sites is 1. The van der Waals surface area contributed by atoms with Gasteiger partial charge in [-0.25, -0.2) is 4.98 Å². The van der Waals surface area contributed by atoms with Gasteiger partial charge in [0.15, 0.2) is 0 Å². The van der Waals surface area contributed by atoms with Gasteiger partial charge < -0.3 is 13.7 Å². The third-order valence-corrected chi connectivity index (χ3v) is 5.39. The number of ether oxygens (including phenoxy) is 1. The molecular weight excluding hydrogens is 348 g/mol. The third-order valence-electron chi connectivity index (χ3n) is 5.39. The number of furan rings is 1. The Morgan fingerprint density at radius 2 is 1.86 bits per heavy atom. The fourth-order valence-electron chi connectivity index (χ4n) is 3.88. The lowest BCUT2D eigenvalue weighted by Gasteiger charge is -2.10. The van der Waals surface area contributed by atoms with Crippen LogP contribution >= 0.6 is 0 Å². The van der Waals surface area contributed by atoms with Crippen molar-refractivity contribution < 1.29 is 9.15 Å². The van der Waals surface area contributed by atoms with Crippen molar-refractivity contribution in [3.63, 3.8) is 0 Å². The van der Waals surface area contributed by atoms with Crippen molar-refractivity contribution in [2.75, 3.05) is 0 Å². The van der Waals surface area contributed by atoms with Crippen LogP contribution in [0.25, 0.3) is 32.8 Å². The van der Waals surface area contributed by atoms with Gasteiger partial charge in [0.05, 0.1) is 0 Å². The van der Waals surface area contributed by atoms with Crippen LogP contribution in [0, 0.1) is 13.8 Å². The maximum absolute atomic E-state index is 6.27. The normalized spacial score (nSPS) is 11.5. The average Bonchev–Trinajstić information content (AvgIpc) is 3.20. The highest BCUT2D eigenvalue weighted by molar-refractivity contribution is 6.05. The van der Waals surface area contributed by atoms with E-state index in [4.69, 9.17) is 9.15 Å². The Labute approximate surface area is 162 Å². The van der Waals surface area contributed by atoms with Gasteiger partial charge in [-0.2, -0.15) is 0 Å². The molecule has 0 N–H and O–H groups in total. The molecule has 4 nitrogen and oxygen atoms in total. The lowest BCUT2D eigenvalue weighted by Crippen LogP contribution is -2.00. The predicted octanol–water partition coefficient (Wildman–Crippen LogP) is 6.53. The van der Waals surface area contributed by atoms with E-state index >= 15 is 0 Å². The van der Waals surface area contributed by atoms with Crippen LogP contribution in [0.1, 0.15) is 11.3 Å². The molecule has 0 fully saturated rings. The Morgan fingerprint density at radius 1 is 1.04 bits per heavy atom. The van der Waals surface area contributed by atoms with E-state index in [0.717, 1.165) is 38.6 Å². The first kappa shape index (κ1) is 16.6. The van der Waals surface area contributed by atoms with Crippen molar-refractivity contribution in [3.8, 4) is 11.6 Å². The first-order valence-corrected chi connectivity index (χ1v) is 9.32. The molecule has 3 heterocycles. The molecule has 0 unspecified atom stereocenters. The van der Waals surface area contributed by atoms with Crippen LogP contribution in [0.2, 0.25) is 0 Å². The minimum absolute atomic E-state index is 0.600. The van der Waals surface area contributed by atoms with Gasteiger partial charge in [-0.15, -0.1) is 6.58 Å². The second-order valence-electron chi connectivity index (χ2n) is 6.98. The molecule has 5 rings (SSSR count). The second-order valence-corrected chi connectivity index (χ2v) is 6.98. The number of aryl methyl sites for hydroxylation is 1. The maximum Gasteiger partial charge on any atom is 0.244 e. The molecule has 0 radical (unpaired) electrons. The molecule has 0 atom stereocenters. The molecule has 3 aromatic heterocycles. The minimum atomic E-state index is 0.600. The second kappa shape index (κ2) is 6.27. The lowest BCUT2D eigenvalue weighted by atomic mass is 10.1. The fourth-order valence-corrected chi connectivity index (χ4v) is 3.88. The van der Waals surface area contributed by atoms with Gasteiger partial charge in [0.2, 0.25) is 5.88 Å². The molecular formula is C24H20N2O2. The smallest absolute Gasteiger partial charge is 0.244 e. The number of aromatic nitrogens is 2. The summed E-state index contributed by atoms with van der Waals surface area (Å²) < 4.78 is 14.4. The summed E-state index contributed by atoms with van der Waals surface area (Å²) in [6.07, 6.45) is 3.69. The molecule has 0 aliphatic heterocycles. The summed E-state index contributed by atoms with van der Waals surface area (Å²) in [4.78, 5) is 4.53. The van der Waals surface area contributed by atoms with Crippen molar-refractivity contribution in [3.05, 3.63) is 78.6 Å². The van der Waals surface area contributed by atoms with Crippen LogP contribution in [0.4, 0.5) is 0 Å². The zero-order chi connectivity index (χ0) is 19.3. The van der Waals surface area contributed by atoms with E-state index in [1.54, 1.807) is 6.20 Å². The predicted molar refractivity (Wildman–Crippen MR) is 113 cm³/mol. The number of hydrogen-bond donors (Lipinski definition) is 0.